The molecule has 6 heteroatoms. The summed E-state index contributed by atoms with van der Waals surface area (Å²) in [6.07, 6.45) is 1.78. The Balaban J connectivity index is 2.34. The molecule has 3 N–H and O–H groups in total. The van der Waals surface area contributed by atoms with Crippen LogP contribution in [0.15, 0.2) is 24.3 Å². The van der Waals surface area contributed by atoms with E-state index in [-0.39, 0.29) is 30.0 Å². The van der Waals surface area contributed by atoms with Gasteiger partial charge in [-0.3, -0.25) is 4.79 Å². The maximum Gasteiger partial charge on any atom is 0.237 e. The van der Waals surface area contributed by atoms with Gasteiger partial charge in [-0.15, -0.1) is 0 Å². The highest BCUT2D eigenvalue weighted by Gasteiger charge is 2.52. The predicted molar refractivity (Wildman–Crippen MR) is 117 cm³/mol. The summed E-state index contributed by atoms with van der Waals surface area (Å²) < 4.78 is 0. The number of amides is 1. The number of benzene rings is 1. The first-order chi connectivity index (χ1) is 13.5. The molecule has 3 unspecified atom stereocenters. The lowest BCUT2D eigenvalue weighted by Gasteiger charge is -2.33. The van der Waals surface area contributed by atoms with Crippen LogP contribution >= 0.6 is 11.6 Å². The summed E-state index contributed by atoms with van der Waals surface area (Å²) in [7, 11) is 0. The standard InChI is InChI=1S/C23H34ClN3O2/c1-15(2)10-16(13-28)26-21(29)19-11-23(14-25,17-8-6-7-9-18(17)24)20(27-19)12-22(3,4)5/h6-9,15-16,19-20,27-28H,10-13H2,1-5H3,(H,26,29)/t16-,19?,20?,23?/m1/s1. The van der Waals surface area contributed by atoms with E-state index in [1.807, 2.05) is 18.2 Å². The van der Waals surface area contributed by atoms with Crippen molar-refractivity contribution in [3.8, 4) is 6.07 Å². The first kappa shape index (κ1) is 23.7. The van der Waals surface area contributed by atoms with Crippen LogP contribution in [0.3, 0.4) is 0 Å². The average Bonchev–Trinajstić information content (AvgIpc) is 2.98. The molecular weight excluding hydrogens is 386 g/mol. The van der Waals surface area contributed by atoms with E-state index >= 15 is 0 Å². The quantitative estimate of drug-likeness (QED) is 0.627. The molecule has 2 rings (SSSR count). The summed E-state index contributed by atoms with van der Waals surface area (Å²) >= 11 is 6.49. The first-order valence-corrected chi connectivity index (χ1v) is 10.7. The number of aliphatic hydroxyl groups is 1. The van der Waals surface area contributed by atoms with Crippen LogP contribution in [0.5, 0.6) is 0 Å². The van der Waals surface area contributed by atoms with Gasteiger partial charge in [0.15, 0.2) is 0 Å². The van der Waals surface area contributed by atoms with Gasteiger partial charge in [0, 0.05) is 11.1 Å². The van der Waals surface area contributed by atoms with Gasteiger partial charge in [-0.05, 0) is 42.2 Å². The molecule has 1 aromatic rings. The molecular formula is C23H34ClN3O2. The number of nitrogens with zero attached hydrogens (tertiary/aromatic N) is 1. The molecule has 0 aliphatic carbocycles. The Hall–Kier alpha value is -1.61. The second-order valence-corrected chi connectivity index (χ2v) is 10.2. The summed E-state index contributed by atoms with van der Waals surface area (Å²) in [4.78, 5) is 13.0. The summed E-state index contributed by atoms with van der Waals surface area (Å²) in [6, 6.07) is 8.91. The Morgan fingerprint density at radius 1 is 1.41 bits per heavy atom. The van der Waals surface area contributed by atoms with E-state index in [9.17, 15) is 15.2 Å². The third-order valence-electron chi connectivity index (χ3n) is 5.53. The molecule has 1 aliphatic rings. The third kappa shape index (κ3) is 5.72. The summed E-state index contributed by atoms with van der Waals surface area (Å²) in [5.41, 5.74) is -0.153. The summed E-state index contributed by atoms with van der Waals surface area (Å²) in [6.45, 7) is 10.4. The molecule has 0 spiro atoms. The van der Waals surface area contributed by atoms with Gasteiger partial charge < -0.3 is 15.7 Å². The van der Waals surface area contributed by atoms with Crippen molar-refractivity contribution in [2.45, 2.75) is 77.4 Å². The normalized spacial score (nSPS) is 25.6. The zero-order valence-electron chi connectivity index (χ0n) is 18.1. The number of carbonyl (C=O) groups excluding carboxylic acids is 1. The van der Waals surface area contributed by atoms with E-state index in [0.29, 0.717) is 23.8 Å². The molecule has 0 saturated carbocycles. The van der Waals surface area contributed by atoms with Gasteiger partial charge in [-0.25, -0.2) is 0 Å². The number of nitriles is 1. The second-order valence-electron chi connectivity index (χ2n) is 9.82. The molecule has 29 heavy (non-hydrogen) atoms. The average molecular weight is 420 g/mol. The number of rotatable bonds is 7. The largest absolute Gasteiger partial charge is 0.394 e. The number of hydrogen-bond donors (Lipinski definition) is 3. The maximum absolute atomic E-state index is 13.0. The summed E-state index contributed by atoms with van der Waals surface area (Å²) in [5.74, 6) is 0.187. The van der Waals surface area contributed by atoms with Crippen molar-refractivity contribution in [3.63, 3.8) is 0 Å². The van der Waals surface area contributed by atoms with E-state index < -0.39 is 11.5 Å². The minimum Gasteiger partial charge on any atom is -0.394 e. The first-order valence-electron chi connectivity index (χ1n) is 10.4. The molecule has 4 atom stereocenters. The Kier molecular flexibility index (Phi) is 7.73. The molecule has 1 amide bonds. The molecule has 1 aromatic carbocycles. The molecule has 1 saturated heterocycles. The SMILES string of the molecule is CC(C)C[C@H](CO)NC(=O)C1CC(C#N)(c2ccccc2Cl)C(CC(C)(C)C)N1. The van der Waals surface area contributed by atoms with Gasteiger partial charge in [-0.2, -0.15) is 5.26 Å². The van der Waals surface area contributed by atoms with Crippen LogP contribution in [0.25, 0.3) is 0 Å². The van der Waals surface area contributed by atoms with Crippen molar-refractivity contribution >= 4 is 17.5 Å². The van der Waals surface area contributed by atoms with Crippen molar-refractivity contribution in [2.24, 2.45) is 11.3 Å². The van der Waals surface area contributed by atoms with Crippen LogP contribution in [0.2, 0.25) is 5.02 Å². The third-order valence-corrected chi connectivity index (χ3v) is 5.86. The van der Waals surface area contributed by atoms with Gasteiger partial charge in [-0.1, -0.05) is 64.4 Å². The van der Waals surface area contributed by atoms with Crippen LogP contribution in [0.1, 0.15) is 59.4 Å². The summed E-state index contributed by atoms with van der Waals surface area (Å²) in [5, 5.41) is 26.8. The smallest absolute Gasteiger partial charge is 0.237 e. The highest BCUT2D eigenvalue weighted by atomic mass is 35.5. The van der Waals surface area contributed by atoms with Crippen LogP contribution in [0, 0.1) is 22.7 Å². The molecule has 1 heterocycles. The Morgan fingerprint density at radius 3 is 2.59 bits per heavy atom. The van der Waals surface area contributed by atoms with Gasteiger partial charge in [0.05, 0.1) is 24.8 Å². The van der Waals surface area contributed by atoms with Crippen molar-refractivity contribution in [1.82, 2.24) is 10.6 Å². The van der Waals surface area contributed by atoms with Gasteiger partial charge in [0.2, 0.25) is 5.91 Å². The lowest BCUT2D eigenvalue weighted by atomic mass is 9.70. The Labute approximate surface area is 179 Å². The fraction of sp³-hybridized carbons (Fsp3) is 0.652. The van der Waals surface area contributed by atoms with Crippen molar-refractivity contribution in [3.05, 3.63) is 34.9 Å². The number of nitrogens with one attached hydrogen (secondary N) is 2. The highest BCUT2D eigenvalue weighted by molar-refractivity contribution is 6.31. The number of hydrogen-bond acceptors (Lipinski definition) is 4. The zero-order chi connectivity index (χ0) is 21.8. The van der Waals surface area contributed by atoms with Crippen molar-refractivity contribution in [2.75, 3.05) is 6.61 Å². The number of carbonyl (C=O) groups is 1. The van der Waals surface area contributed by atoms with Crippen molar-refractivity contribution < 1.29 is 9.90 Å². The fourth-order valence-corrected chi connectivity index (χ4v) is 4.58. The van der Waals surface area contributed by atoms with E-state index in [1.165, 1.54) is 0 Å². The van der Waals surface area contributed by atoms with Gasteiger partial charge in [0.1, 0.15) is 5.41 Å². The molecule has 1 fully saturated rings. The monoisotopic (exact) mass is 419 g/mol. The molecule has 160 valence electrons. The van der Waals surface area contributed by atoms with Crippen LogP contribution in [-0.2, 0) is 10.2 Å². The van der Waals surface area contributed by atoms with Gasteiger partial charge in [0.25, 0.3) is 0 Å². The highest BCUT2D eigenvalue weighted by Crippen LogP contribution is 2.44. The minimum atomic E-state index is -0.889. The molecule has 0 radical (unpaired) electrons. The van der Waals surface area contributed by atoms with E-state index in [4.69, 9.17) is 11.6 Å². The molecule has 1 aliphatic heterocycles. The second kappa shape index (κ2) is 9.47. The van der Waals surface area contributed by atoms with E-state index in [2.05, 4.69) is 51.3 Å². The van der Waals surface area contributed by atoms with E-state index in [1.54, 1.807) is 6.07 Å². The Bertz CT molecular complexity index is 753. The van der Waals surface area contributed by atoms with Crippen molar-refractivity contribution in [1.29, 1.82) is 5.26 Å². The van der Waals surface area contributed by atoms with E-state index in [0.717, 1.165) is 12.0 Å². The molecule has 0 bridgehead atoms. The maximum atomic E-state index is 13.0. The lowest BCUT2D eigenvalue weighted by Crippen LogP contribution is -2.48. The number of aliphatic hydroxyl groups excluding tert-OH is 1. The van der Waals surface area contributed by atoms with Gasteiger partial charge >= 0.3 is 0 Å². The van der Waals surface area contributed by atoms with Crippen LogP contribution in [-0.4, -0.2) is 35.7 Å². The fourth-order valence-electron chi connectivity index (χ4n) is 4.28. The molecule has 0 aromatic heterocycles. The minimum absolute atomic E-state index is 0.0301. The number of halogens is 1. The topological polar surface area (TPSA) is 85.2 Å². The zero-order valence-corrected chi connectivity index (χ0v) is 18.9. The Morgan fingerprint density at radius 2 is 2.07 bits per heavy atom. The van der Waals surface area contributed by atoms with Crippen LogP contribution < -0.4 is 10.6 Å². The molecule has 5 nitrogen and oxygen atoms in total. The predicted octanol–water partition coefficient (Wildman–Crippen LogP) is 3.79. The van der Waals surface area contributed by atoms with Crippen LogP contribution in [0.4, 0.5) is 0 Å². The lowest BCUT2D eigenvalue weighted by molar-refractivity contribution is -0.124.